The SMILES string of the molecule is Cc1cc2c(cc1NC(=O)CN1CCN(C)CC1)OCO2. The number of nitrogens with one attached hydrogen (secondary N) is 1. The molecule has 0 aliphatic carbocycles. The van der Waals surface area contributed by atoms with E-state index in [1.807, 2.05) is 19.1 Å². The fourth-order valence-corrected chi connectivity index (χ4v) is 2.58. The Morgan fingerprint density at radius 3 is 2.57 bits per heavy atom. The minimum absolute atomic E-state index is 0.0153. The van der Waals surface area contributed by atoms with Gasteiger partial charge in [-0.1, -0.05) is 0 Å². The summed E-state index contributed by atoms with van der Waals surface area (Å²) in [5.41, 5.74) is 1.77. The molecular formula is C15H21N3O3. The molecule has 0 saturated carbocycles. The van der Waals surface area contributed by atoms with Crippen molar-refractivity contribution >= 4 is 11.6 Å². The van der Waals surface area contributed by atoms with Crippen molar-refractivity contribution < 1.29 is 14.3 Å². The Labute approximate surface area is 124 Å². The van der Waals surface area contributed by atoms with Crippen LogP contribution < -0.4 is 14.8 Å². The van der Waals surface area contributed by atoms with Gasteiger partial charge in [-0.05, 0) is 25.6 Å². The summed E-state index contributed by atoms with van der Waals surface area (Å²) >= 11 is 0. The molecule has 0 bridgehead atoms. The second-order valence-corrected chi connectivity index (χ2v) is 5.65. The summed E-state index contributed by atoms with van der Waals surface area (Å²) in [6.45, 7) is 6.52. The van der Waals surface area contributed by atoms with Crippen molar-refractivity contribution in [1.29, 1.82) is 0 Å². The number of rotatable bonds is 3. The monoisotopic (exact) mass is 291 g/mol. The van der Waals surface area contributed by atoms with Crippen LogP contribution in [0.25, 0.3) is 0 Å². The molecule has 114 valence electrons. The zero-order valence-electron chi connectivity index (χ0n) is 12.5. The Bertz CT molecular complexity index is 539. The number of likely N-dealkylation sites (N-methyl/N-ethyl adjacent to an activating group) is 1. The van der Waals surface area contributed by atoms with Gasteiger partial charge < -0.3 is 19.7 Å². The lowest BCUT2D eigenvalue weighted by atomic mass is 10.1. The van der Waals surface area contributed by atoms with Crippen LogP contribution in [0, 0.1) is 6.92 Å². The number of anilines is 1. The average molecular weight is 291 g/mol. The van der Waals surface area contributed by atoms with Gasteiger partial charge in [0.25, 0.3) is 0 Å². The van der Waals surface area contributed by atoms with E-state index >= 15 is 0 Å². The number of piperazine rings is 1. The van der Waals surface area contributed by atoms with Crippen molar-refractivity contribution in [3.8, 4) is 11.5 Å². The quantitative estimate of drug-likeness (QED) is 0.897. The van der Waals surface area contributed by atoms with Gasteiger partial charge in [0, 0.05) is 37.9 Å². The van der Waals surface area contributed by atoms with Crippen LogP contribution in [0.4, 0.5) is 5.69 Å². The van der Waals surface area contributed by atoms with Crippen molar-refractivity contribution in [2.75, 3.05) is 51.9 Å². The molecular weight excluding hydrogens is 270 g/mol. The first-order chi connectivity index (χ1) is 10.1. The second kappa shape index (κ2) is 5.91. The highest BCUT2D eigenvalue weighted by Gasteiger charge is 2.19. The molecule has 0 aromatic heterocycles. The first kappa shape index (κ1) is 14.2. The lowest BCUT2D eigenvalue weighted by Gasteiger charge is -2.31. The molecule has 1 saturated heterocycles. The first-order valence-electron chi connectivity index (χ1n) is 7.23. The van der Waals surface area contributed by atoms with Crippen molar-refractivity contribution in [3.63, 3.8) is 0 Å². The molecule has 1 aromatic rings. The van der Waals surface area contributed by atoms with Gasteiger partial charge >= 0.3 is 0 Å². The molecule has 0 radical (unpaired) electrons. The van der Waals surface area contributed by atoms with E-state index in [0.29, 0.717) is 12.3 Å². The molecule has 0 atom stereocenters. The third-order valence-electron chi connectivity index (χ3n) is 3.96. The molecule has 1 N–H and O–H groups in total. The van der Waals surface area contributed by atoms with Crippen LogP contribution in [0.3, 0.4) is 0 Å². The number of carbonyl (C=O) groups is 1. The minimum Gasteiger partial charge on any atom is -0.454 e. The summed E-state index contributed by atoms with van der Waals surface area (Å²) in [5.74, 6) is 1.45. The number of amides is 1. The van der Waals surface area contributed by atoms with Crippen LogP contribution in [0.15, 0.2) is 12.1 Å². The third-order valence-corrected chi connectivity index (χ3v) is 3.96. The number of fused-ring (bicyclic) bond motifs is 1. The topological polar surface area (TPSA) is 54.0 Å². The zero-order chi connectivity index (χ0) is 14.8. The van der Waals surface area contributed by atoms with E-state index in [0.717, 1.165) is 43.2 Å². The second-order valence-electron chi connectivity index (χ2n) is 5.65. The van der Waals surface area contributed by atoms with E-state index < -0.39 is 0 Å². The highest BCUT2D eigenvalue weighted by Crippen LogP contribution is 2.36. The lowest BCUT2D eigenvalue weighted by molar-refractivity contribution is -0.117. The van der Waals surface area contributed by atoms with Gasteiger partial charge in [-0.15, -0.1) is 0 Å². The minimum atomic E-state index is 0.0153. The largest absolute Gasteiger partial charge is 0.454 e. The van der Waals surface area contributed by atoms with E-state index in [2.05, 4.69) is 22.2 Å². The molecule has 1 amide bonds. The Morgan fingerprint density at radius 2 is 1.86 bits per heavy atom. The lowest BCUT2D eigenvalue weighted by Crippen LogP contribution is -2.47. The summed E-state index contributed by atoms with van der Waals surface area (Å²) in [5, 5.41) is 2.97. The summed E-state index contributed by atoms with van der Waals surface area (Å²) < 4.78 is 10.7. The molecule has 2 heterocycles. The van der Waals surface area contributed by atoms with Gasteiger partial charge in [0.2, 0.25) is 12.7 Å². The smallest absolute Gasteiger partial charge is 0.238 e. The van der Waals surface area contributed by atoms with E-state index in [1.54, 1.807) is 0 Å². The number of carbonyl (C=O) groups excluding carboxylic acids is 1. The number of hydrogen-bond donors (Lipinski definition) is 1. The summed E-state index contributed by atoms with van der Waals surface area (Å²) in [6, 6.07) is 3.73. The van der Waals surface area contributed by atoms with Crippen LogP contribution in [0.5, 0.6) is 11.5 Å². The van der Waals surface area contributed by atoms with Crippen LogP contribution in [0.1, 0.15) is 5.56 Å². The fourth-order valence-electron chi connectivity index (χ4n) is 2.58. The normalized spacial score (nSPS) is 18.8. The van der Waals surface area contributed by atoms with Crippen LogP contribution in [-0.4, -0.2) is 62.3 Å². The number of nitrogens with zero attached hydrogens (tertiary/aromatic N) is 2. The van der Waals surface area contributed by atoms with Crippen molar-refractivity contribution in [3.05, 3.63) is 17.7 Å². The van der Waals surface area contributed by atoms with Gasteiger partial charge in [0.05, 0.1) is 6.54 Å². The number of aryl methyl sites for hydroxylation is 1. The van der Waals surface area contributed by atoms with E-state index in [9.17, 15) is 4.79 Å². The summed E-state index contributed by atoms with van der Waals surface area (Å²) in [4.78, 5) is 16.6. The predicted octanol–water partition coefficient (Wildman–Crippen LogP) is 0.910. The number of benzene rings is 1. The maximum atomic E-state index is 12.2. The molecule has 0 spiro atoms. The van der Waals surface area contributed by atoms with Crippen LogP contribution >= 0.6 is 0 Å². The highest BCUT2D eigenvalue weighted by atomic mass is 16.7. The predicted molar refractivity (Wildman–Crippen MR) is 79.9 cm³/mol. The Morgan fingerprint density at radius 1 is 1.19 bits per heavy atom. The number of hydrogen-bond acceptors (Lipinski definition) is 5. The van der Waals surface area contributed by atoms with Gasteiger partial charge in [-0.25, -0.2) is 0 Å². The Kier molecular flexibility index (Phi) is 3.98. The van der Waals surface area contributed by atoms with Crippen molar-refractivity contribution in [2.24, 2.45) is 0 Å². The van der Waals surface area contributed by atoms with Gasteiger partial charge in [-0.3, -0.25) is 9.69 Å². The molecule has 21 heavy (non-hydrogen) atoms. The van der Waals surface area contributed by atoms with E-state index in [4.69, 9.17) is 9.47 Å². The maximum Gasteiger partial charge on any atom is 0.238 e. The average Bonchev–Trinajstić information content (AvgIpc) is 2.89. The zero-order valence-corrected chi connectivity index (χ0v) is 12.5. The maximum absolute atomic E-state index is 12.2. The molecule has 2 aliphatic rings. The molecule has 6 nitrogen and oxygen atoms in total. The molecule has 1 fully saturated rings. The van der Waals surface area contributed by atoms with Crippen molar-refractivity contribution in [2.45, 2.75) is 6.92 Å². The molecule has 3 rings (SSSR count). The standard InChI is InChI=1S/C15H21N3O3/c1-11-7-13-14(21-10-20-13)8-12(11)16-15(19)9-18-5-3-17(2)4-6-18/h7-8H,3-6,9-10H2,1-2H3,(H,16,19). The van der Waals surface area contributed by atoms with Gasteiger partial charge in [0.15, 0.2) is 11.5 Å². The first-order valence-corrected chi connectivity index (χ1v) is 7.23. The fraction of sp³-hybridized carbons (Fsp3) is 0.533. The Balaban J connectivity index is 1.60. The van der Waals surface area contributed by atoms with E-state index in [1.165, 1.54) is 0 Å². The van der Waals surface area contributed by atoms with Gasteiger partial charge in [-0.2, -0.15) is 0 Å². The molecule has 0 unspecified atom stereocenters. The Hall–Kier alpha value is -1.79. The molecule has 1 aromatic carbocycles. The molecule has 2 aliphatic heterocycles. The van der Waals surface area contributed by atoms with Crippen LogP contribution in [-0.2, 0) is 4.79 Å². The van der Waals surface area contributed by atoms with Crippen LogP contribution in [0.2, 0.25) is 0 Å². The van der Waals surface area contributed by atoms with Gasteiger partial charge in [0.1, 0.15) is 0 Å². The summed E-state index contributed by atoms with van der Waals surface area (Å²) in [7, 11) is 2.10. The third kappa shape index (κ3) is 3.28. The van der Waals surface area contributed by atoms with E-state index in [-0.39, 0.29) is 12.7 Å². The number of ether oxygens (including phenoxy) is 2. The van der Waals surface area contributed by atoms with Crippen molar-refractivity contribution in [1.82, 2.24) is 9.80 Å². The highest BCUT2D eigenvalue weighted by molar-refractivity contribution is 5.93. The summed E-state index contributed by atoms with van der Waals surface area (Å²) in [6.07, 6.45) is 0. The molecule has 6 heteroatoms.